The molecule has 1 atom stereocenters. The third kappa shape index (κ3) is 8.56. The van der Waals surface area contributed by atoms with Crippen molar-refractivity contribution < 1.29 is 42.2 Å². The van der Waals surface area contributed by atoms with Crippen molar-refractivity contribution in [1.82, 2.24) is 0 Å². The van der Waals surface area contributed by atoms with Gasteiger partial charge in [-0.15, -0.1) is 0 Å². The van der Waals surface area contributed by atoms with Gasteiger partial charge in [-0.1, -0.05) is 24.3 Å². The van der Waals surface area contributed by atoms with Crippen molar-refractivity contribution >= 4 is 37.2 Å². The maximum atomic E-state index is 13.8. The van der Waals surface area contributed by atoms with E-state index in [0.717, 1.165) is 6.08 Å². The highest BCUT2D eigenvalue weighted by atomic mass is 31.2. The van der Waals surface area contributed by atoms with E-state index in [9.17, 15) is 18.9 Å². The van der Waals surface area contributed by atoms with E-state index in [0.29, 0.717) is 11.1 Å². The Morgan fingerprint density at radius 2 is 1.38 bits per heavy atom. The van der Waals surface area contributed by atoms with Crippen LogP contribution in [-0.4, -0.2) is 56.6 Å². The van der Waals surface area contributed by atoms with Gasteiger partial charge >= 0.3 is 25.5 Å². The van der Waals surface area contributed by atoms with Gasteiger partial charge in [0, 0.05) is 12.2 Å². The Bertz CT molecular complexity index is 926. The zero-order chi connectivity index (χ0) is 25.6. The summed E-state index contributed by atoms with van der Waals surface area (Å²) in [5.41, 5.74) is -0.756. The number of benzene rings is 1. The summed E-state index contributed by atoms with van der Waals surface area (Å²) >= 11 is 0. The molecule has 0 heterocycles. The Kier molecular flexibility index (Phi) is 13.1. The van der Waals surface area contributed by atoms with Gasteiger partial charge in [0.15, 0.2) is 5.66 Å². The van der Waals surface area contributed by atoms with Gasteiger partial charge in [0.1, 0.15) is 0 Å². The topological polar surface area (TPSA) is 114 Å². The molecule has 1 unspecified atom stereocenters. The van der Waals surface area contributed by atoms with Crippen molar-refractivity contribution in [3.8, 4) is 0 Å². The molecule has 9 nitrogen and oxygen atoms in total. The lowest BCUT2D eigenvalue weighted by atomic mass is 9.96. The average molecular weight is 496 g/mol. The van der Waals surface area contributed by atoms with E-state index in [-0.39, 0.29) is 38.6 Å². The van der Waals surface area contributed by atoms with Crippen LogP contribution >= 0.6 is 7.60 Å². The SMILES string of the molecule is CCOC(=O)C=Cc1ccccc1C(=CC(=O)OCC)C(C(=O)OCC)P(=O)(OCC)OCC. The van der Waals surface area contributed by atoms with Crippen molar-refractivity contribution in [3.05, 3.63) is 47.5 Å². The molecule has 0 saturated heterocycles. The van der Waals surface area contributed by atoms with Crippen LogP contribution in [0.5, 0.6) is 0 Å². The lowest BCUT2D eigenvalue weighted by molar-refractivity contribution is -0.142. The molecule has 0 amide bonds. The minimum absolute atomic E-state index is 0.00464. The van der Waals surface area contributed by atoms with E-state index in [1.165, 1.54) is 12.2 Å². The third-order valence-corrected chi connectivity index (χ3v) is 6.61. The van der Waals surface area contributed by atoms with E-state index in [2.05, 4.69) is 0 Å². The van der Waals surface area contributed by atoms with E-state index in [4.69, 9.17) is 23.3 Å². The molecule has 34 heavy (non-hydrogen) atoms. The Morgan fingerprint density at radius 1 is 0.824 bits per heavy atom. The first-order valence-corrected chi connectivity index (χ1v) is 12.8. The Morgan fingerprint density at radius 3 is 1.94 bits per heavy atom. The van der Waals surface area contributed by atoms with Gasteiger partial charge in [-0.05, 0) is 57.4 Å². The summed E-state index contributed by atoms with van der Waals surface area (Å²) in [5, 5.41) is 0. The number of hydrogen-bond acceptors (Lipinski definition) is 9. The minimum Gasteiger partial charge on any atom is -0.465 e. The maximum Gasteiger partial charge on any atom is 0.349 e. The molecule has 0 saturated carbocycles. The monoisotopic (exact) mass is 496 g/mol. The summed E-state index contributed by atoms with van der Waals surface area (Å²) in [6, 6.07) is 6.66. The Labute approximate surface area is 200 Å². The molecular weight excluding hydrogens is 463 g/mol. The number of ether oxygens (including phenoxy) is 3. The van der Waals surface area contributed by atoms with Crippen molar-refractivity contribution in [2.24, 2.45) is 0 Å². The third-order valence-electron chi connectivity index (χ3n) is 4.26. The lowest BCUT2D eigenvalue weighted by Gasteiger charge is -2.27. The first kappa shape index (κ1) is 29.3. The van der Waals surface area contributed by atoms with Crippen molar-refractivity contribution in [1.29, 1.82) is 0 Å². The van der Waals surface area contributed by atoms with Gasteiger partial charge in [0.25, 0.3) is 0 Å². The van der Waals surface area contributed by atoms with Crippen molar-refractivity contribution in [3.63, 3.8) is 0 Å². The second-order valence-electron chi connectivity index (χ2n) is 6.55. The fraction of sp³-hybridized carbons (Fsp3) is 0.458. The largest absolute Gasteiger partial charge is 0.465 e. The number of esters is 3. The Hall–Kier alpha value is -2.74. The fourth-order valence-electron chi connectivity index (χ4n) is 3.06. The highest BCUT2D eigenvalue weighted by Crippen LogP contribution is 2.57. The molecule has 0 radical (unpaired) electrons. The molecule has 1 rings (SSSR count). The lowest BCUT2D eigenvalue weighted by Crippen LogP contribution is -2.28. The maximum absolute atomic E-state index is 13.8. The molecule has 0 N–H and O–H groups in total. The van der Waals surface area contributed by atoms with Gasteiger partial charge in [0.2, 0.25) is 0 Å². The van der Waals surface area contributed by atoms with Crippen LogP contribution in [-0.2, 0) is 42.2 Å². The predicted molar refractivity (Wildman–Crippen MR) is 128 cm³/mol. The molecule has 10 heteroatoms. The van der Waals surface area contributed by atoms with Crippen LogP contribution in [0, 0.1) is 0 Å². The summed E-state index contributed by atoms with van der Waals surface area (Å²) in [5.74, 6) is -2.20. The number of carbonyl (C=O) groups excluding carboxylic acids is 3. The fourth-order valence-corrected chi connectivity index (χ4v) is 5.04. The van der Waals surface area contributed by atoms with Gasteiger partial charge in [0.05, 0.1) is 33.0 Å². The number of carbonyl (C=O) groups is 3. The van der Waals surface area contributed by atoms with Gasteiger partial charge < -0.3 is 23.3 Å². The molecule has 0 fully saturated rings. The molecule has 0 aliphatic carbocycles. The van der Waals surface area contributed by atoms with Crippen LogP contribution in [0.1, 0.15) is 45.7 Å². The molecule has 0 spiro atoms. The molecular formula is C24H33O9P. The van der Waals surface area contributed by atoms with Gasteiger partial charge in [-0.3, -0.25) is 9.36 Å². The average Bonchev–Trinajstić information content (AvgIpc) is 2.78. The second-order valence-corrected chi connectivity index (χ2v) is 8.67. The first-order valence-electron chi connectivity index (χ1n) is 11.2. The standard InChI is InChI=1S/C24H33O9P/c1-6-29-21(25)16-15-18-13-11-12-14-19(18)20(17-22(26)30-7-2)23(24(27)31-8-3)34(28,32-9-4)33-10-5/h11-17,23H,6-10H2,1-5H3. The van der Waals surface area contributed by atoms with Crippen LogP contribution in [0.4, 0.5) is 0 Å². The number of rotatable bonds is 14. The molecule has 1 aromatic carbocycles. The van der Waals surface area contributed by atoms with Gasteiger partial charge in [-0.2, -0.15) is 0 Å². The first-order chi connectivity index (χ1) is 16.3. The van der Waals surface area contributed by atoms with E-state index >= 15 is 0 Å². The quantitative estimate of drug-likeness (QED) is 0.160. The van der Waals surface area contributed by atoms with Crippen LogP contribution in [0.15, 0.2) is 36.4 Å². The van der Waals surface area contributed by atoms with Crippen LogP contribution in [0.25, 0.3) is 11.6 Å². The molecule has 1 aromatic rings. The van der Waals surface area contributed by atoms with Crippen LogP contribution in [0.3, 0.4) is 0 Å². The summed E-state index contributed by atoms with van der Waals surface area (Å²) < 4.78 is 39.9. The molecule has 0 aliphatic heterocycles. The normalized spacial score (nSPS) is 12.9. The predicted octanol–water partition coefficient (Wildman–Crippen LogP) is 4.41. The zero-order valence-electron chi connectivity index (χ0n) is 20.3. The minimum atomic E-state index is -4.15. The second kappa shape index (κ2) is 15.2. The van der Waals surface area contributed by atoms with E-state index in [1.807, 2.05) is 0 Å². The highest BCUT2D eigenvalue weighted by molar-refractivity contribution is 7.56. The summed E-state index contributed by atoms with van der Waals surface area (Å²) in [6.07, 6.45) is 3.77. The molecule has 188 valence electrons. The summed E-state index contributed by atoms with van der Waals surface area (Å²) in [7, 11) is -4.15. The van der Waals surface area contributed by atoms with E-state index < -0.39 is 31.2 Å². The molecule has 0 aromatic heterocycles. The summed E-state index contributed by atoms with van der Waals surface area (Å²) in [4.78, 5) is 37.5. The smallest absolute Gasteiger partial charge is 0.349 e. The molecule has 0 aliphatic rings. The zero-order valence-corrected chi connectivity index (χ0v) is 21.2. The van der Waals surface area contributed by atoms with Crippen LogP contribution in [0.2, 0.25) is 0 Å². The highest BCUT2D eigenvalue weighted by Gasteiger charge is 2.46. The van der Waals surface area contributed by atoms with Crippen molar-refractivity contribution in [2.75, 3.05) is 33.0 Å². The summed E-state index contributed by atoms with van der Waals surface area (Å²) in [6.45, 7) is 8.42. The van der Waals surface area contributed by atoms with Crippen molar-refractivity contribution in [2.45, 2.75) is 40.3 Å². The van der Waals surface area contributed by atoms with Crippen LogP contribution < -0.4 is 0 Å². The Balaban J connectivity index is 3.83. The number of hydrogen-bond donors (Lipinski definition) is 0. The molecule has 0 bridgehead atoms. The van der Waals surface area contributed by atoms with Gasteiger partial charge in [-0.25, -0.2) is 9.59 Å². The van der Waals surface area contributed by atoms with E-state index in [1.54, 1.807) is 58.9 Å².